The second-order valence-corrected chi connectivity index (χ2v) is 4.93. The molecular weight excluding hydrogens is 224 g/mol. The van der Waals surface area contributed by atoms with Crippen molar-refractivity contribution in [3.05, 3.63) is 48.3 Å². The fraction of sp³-hybridized carbons (Fsp3) is 0.333. The number of ketones is 1. The Morgan fingerprint density at radius 3 is 2.72 bits per heavy atom. The van der Waals surface area contributed by atoms with E-state index in [-0.39, 0.29) is 5.78 Å². The number of hydrogen-bond donors (Lipinski definition) is 0. The Morgan fingerprint density at radius 1 is 1.28 bits per heavy atom. The Balaban J connectivity index is 1.74. The highest BCUT2D eigenvalue weighted by molar-refractivity contribution is 5.95. The van der Waals surface area contributed by atoms with E-state index < -0.39 is 0 Å². The highest BCUT2D eigenvalue weighted by atomic mass is 16.1. The maximum Gasteiger partial charge on any atom is 0.166 e. The molecule has 0 saturated heterocycles. The van der Waals surface area contributed by atoms with Gasteiger partial charge in [-0.1, -0.05) is 37.5 Å². The summed E-state index contributed by atoms with van der Waals surface area (Å²) in [7, 11) is 0. The summed E-state index contributed by atoms with van der Waals surface area (Å²) in [5.41, 5.74) is 1.71. The van der Waals surface area contributed by atoms with E-state index >= 15 is 0 Å². The van der Waals surface area contributed by atoms with Crippen LogP contribution in [-0.4, -0.2) is 15.6 Å². The predicted molar refractivity (Wildman–Crippen MR) is 69.9 cm³/mol. The molecule has 1 fully saturated rings. The summed E-state index contributed by atoms with van der Waals surface area (Å²) in [6.45, 7) is 0. The molecule has 1 aromatic heterocycles. The van der Waals surface area contributed by atoms with Gasteiger partial charge in [-0.2, -0.15) is 5.10 Å². The second kappa shape index (κ2) is 4.77. The van der Waals surface area contributed by atoms with Gasteiger partial charge in [0, 0.05) is 12.6 Å². The van der Waals surface area contributed by atoms with Crippen LogP contribution in [0.25, 0.3) is 5.69 Å². The van der Waals surface area contributed by atoms with Crippen LogP contribution in [0.1, 0.15) is 36.0 Å². The average molecular weight is 240 g/mol. The first kappa shape index (κ1) is 11.2. The van der Waals surface area contributed by atoms with Crippen molar-refractivity contribution < 1.29 is 4.79 Å². The molecule has 1 saturated carbocycles. The van der Waals surface area contributed by atoms with Crippen LogP contribution in [0.2, 0.25) is 0 Å². The fourth-order valence-corrected chi connectivity index (χ4v) is 2.27. The van der Waals surface area contributed by atoms with Crippen molar-refractivity contribution in [2.75, 3.05) is 0 Å². The molecule has 1 aliphatic carbocycles. The van der Waals surface area contributed by atoms with Crippen molar-refractivity contribution in [3.63, 3.8) is 0 Å². The molecule has 0 aliphatic heterocycles. The summed E-state index contributed by atoms with van der Waals surface area (Å²) in [5, 5.41) is 4.25. The standard InChI is InChI=1S/C15H16N2O/c18-15(9-12-5-4-6-12)13-10-16-17(11-13)14-7-2-1-3-8-14/h1-3,7-8,10-12H,4-6,9H2. The molecule has 0 spiro atoms. The third-order valence-electron chi connectivity index (χ3n) is 3.62. The van der Waals surface area contributed by atoms with E-state index in [0.717, 1.165) is 11.3 Å². The molecule has 0 radical (unpaired) electrons. The summed E-state index contributed by atoms with van der Waals surface area (Å²) >= 11 is 0. The van der Waals surface area contributed by atoms with Crippen molar-refractivity contribution in [1.82, 2.24) is 9.78 Å². The molecule has 1 aromatic carbocycles. The number of benzene rings is 1. The monoisotopic (exact) mass is 240 g/mol. The molecule has 0 unspecified atom stereocenters. The molecule has 1 heterocycles. The van der Waals surface area contributed by atoms with E-state index in [0.29, 0.717) is 12.3 Å². The number of para-hydroxylation sites is 1. The van der Waals surface area contributed by atoms with E-state index in [1.54, 1.807) is 10.9 Å². The summed E-state index contributed by atoms with van der Waals surface area (Å²) in [4.78, 5) is 12.0. The minimum absolute atomic E-state index is 0.224. The van der Waals surface area contributed by atoms with Crippen molar-refractivity contribution in [3.8, 4) is 5.69 Å². The highest BCUT2D eigenvalue weighted by Gasteiger charge is 2.22. The minimum Gasteiger partial charge on any atom is -0.294 e. The number of carbonyl (C=O) groups excluding carboxylic acids is 1. The van der Waals surface area contributed by atoms with Gasteiger partial charge in [-0.25, -0.2) is 4.68 Å². The molecule has 0 bridgehead atoms. The summed E-state index contributed by atoms with van der Waals surface area (Å²) in [6, 6.07) is 9.86. The number of nitrogens with zero attached hydrogens (tertiary/aromatic N) is 2. The molecule has 0 N–H and O–H groups in total. The normalized spacial score (nSPS) is 15.3. The summed E-state index contributed by atoms with van der Waals surface area (Å²) < 4.78 is 1.76. The van der Waals surface area contributed by atoms with Gasteiger partial charge in [-0.15, -0.1) is 0 Å². The van der Waals surface area contributed by atoms with Gasteiger partial charge in [0.15, 0.2) is 5.78 Å². The van der Waals surface area contributed by atoms with E-state index in [2.05, 4.69) is 5.10 Å². The van der Waals surface area contributed by atoms with E-state index in [4.69, 9.17) is 0 Å². The van der Waals surface area contributed by atoms with Gasteiger partial charge in [0.05, 0.1) is 17.4 Å². The lowest BCUT2D eigenvalue weighted by Gasteiger charge is -2.23. The van der Waals surface area contributed by atoms with E-state index in [1.807, 2.05) is 36.5 Å². The van der Waals surface area contributed by atoms with Gasteiger partial charge in [0.1, 0.15) is 0 Å². The topological polar surface area (TPSA) is 34.9 Å². The molecule has 3 heteroatoms. The van der Waals surface area contributed by atoms with Crippen molar-refractivity contribution in [2.24, 2.45) is 5.92 Å². The van der Waals surface area contributed by atoms with Gasteiger partial charge < -0.3 is 0 Å². The SMILES string of the molecule is O=C(CC1CCC1)c1cnn(-c2ccccc2)c1. The number of rotatable bonds is 4. The zero-order valence-electron chi connectivity index (χ0n) is 10.2. The van der Waals surface area contributed by atoms with Crippen LogP contribution in [0.5, 0.6) is 0 Å². The summed E-state index contributed by atoms with van der Waals surface area (Å²) in [6.07, 6.45) is 7.88. The Hall–Kier alpha value is -1.90. The van der Waals surface area contributed by atoms with E-state index in [9.17, 15) is 4.79 Å². The van der Waals surface area contributed by atoms with E-state index in [1.165, 1.54) is 19.3 Å². The zero-order valence-corrected chi connectivity index (χ0v) is 10.2. The molecule has 2 aromatic rings. The van der Waals surface area contributed by atoms with Gasteiger partial charge in [-0.05, 0) is 18.1 Å². The number of carbonyl (C=O) groups is 1. The van der Waals surface area contributed by atoms with Crippen molar-refractivity contribution in [2.45, 2.75) is 25.7 Å². The Morgan fingerprint density at radius 2 is 2.06 bits per heavy atom. The van der Waals surface area contributed by atoms with Crippen LogP contribution >= 0.6 is 0 Å². The number of aromatic nitrogens is 2. The van der Waals surface area contributed by atoms with Crippen molar-refractivity contribution in [1.29, 1.82) is 0 Å². The van der Waals surface area contributed by atoms with Crippen LogP contribution < -0.4 is 0 Å². The van der Waals surface area contributed by atoms with Gasteiger partial charge in [0.2, 0.25) is 0 Å². The molecule has 0 atom stereocenters. The largest absolute Gasteiger partial charge is 0.294 e. The van der Waals surface area contributed by atoms with Crippen molar-refractivity contribution >= 4 is 5.78 Å². The molecule has 18 heavy (non-hydrogen) atoms. The Bertz CT molecular complexity index is 541. The first-order valence-electron chi connectivity index (χ1n) is 6.46. The van der Waals surface area contributed by atoms with Crippen LogP contribution in [0, 0.1) is 5.92 Å². The van der Waals surface area contributed by atoms with Gasteiger partial charge in [-0.3, -0.25) is 4.79 Å². The maximum atomic E-state index is 12.0. The minimum atomic E-state index is 0.224. The molecule has 3 nitrogen and oxygen atoms in total. The molecule has 92 valence electrons. The Labute approximate surface area is 106 Å². The first-order chi connectivity index (χ1) is 8.83. The molecule has 0 amide bonds. The van der Waals surface area contributed by atoms with Gasteiger partial charge in [0.25, 0.3) is 0 Å². The lowest BCUT2D eigenvalue weighted by Crippen LogP contribution is -2.15. The lowest BCUT2D eigenvalue weighted by atomic mass is 9.81. The van der Waals surface area contributed by atoms with Crippen LogP contribution in [-0.2, 0) is 0 Å². The molecule has 3 rings (SSSR count). The first-order valence-corrected chi connectivity index (χ1v) is 6.46. The highest BCUT2D eigenvalue weighted by Crippen LogP contribution is 2.30. The number of hydrogen-bond acceptors (Lipinski definition) is 2. The zero-order chi connectivity index (χ0) is 12.4. The third-order valence-corrected chi connectivity index (χ3v) is 3.62. The predicted octanol–water partition coefficient (Wildman–Crippen LogP) is 3.25. The summed E-state index contributed by atoms with van der Waals surface area (Å²) in [5.74, 6) is 0.833. The maximum absolute atomic E-state index is 12.0. The fourth-order valence-electron chi connectivity index (χ4n) is 2.27. The van der Waals surface area contributed by atoms with Gasteiger partial charge >= 0.3 is 0 Å². The third kappa shape index (κ3) is 2.21. The second-order valence-electron chi connectivity index (χ2n) is 4.93. The lowest BCUT2D eigenvalue weighted by molar-refractivity contribution is 0.0936. The average Bonchev–Trinajstić information content (AvgIpc) is 2.84. The Kier molecular flexibility index (Phi) is 2.97. The van der Waals surface area contributed by atoms with Crippen LogP contribution in [0.3, 0.4) is 0 Å². The number of Topliss-reactive ketones (excluding diaryl/α,β-unsaturated/α-hetero) is 1. The molecular formula is C15H16N2O. The smallest absolute Gasteiger partial charge is 0.166 e. The quantitative estimate of drug-likeness (QED) is 0.769. The van der Waals surface area contributed by atoms with Crippen LogP contribution in [0.4, 0.5) is 0 Å². The molecule has 1 aliphatic rings. The van der Waals surface area contributed by atoms with Crippen LogP contribution in [0.15, 0.2) is 42.7 Å².